The van der Waals surface area contributed by atoms with Crippen molar-refractivity contribution in [2.75, 3.05) is 12.0 Å². The number of benzene rings is 1. The summed E-state index contributed by atoms with van der Waals surface area (Å²) in [5.41, 5.74) is 4.49. The van der Waals surface area contributed by atoms with Crippen molar-refractivity contribution in [1.29, 1.82) is 0 Å². The van der Waals surface area contributed by atoms with Gasteiger partial charge >= 0.3 is 0 Å². The van der Waals surface area contributed by atoms with E-state index in [1.807, 2.05) is 29.8 Å². The van der Waals surface area contributed by atoms with Crippen molar-refractivity contribution in [3.05, 3.63) is 46.6 Å². The number of hydrogen-bond acceptors (Lipinski definition) is 4. The van der Waals surface area contributed by atoms with Gasteiger partial charge in [0, 0.05) is 4.91 Å². The van der Waals surface area contributed by atoms with E-state index < -0.39 is 0 Å². The lowest BCUT2D eigenvalue weighted by Crippen LogP contribution is -2.22. The third-order valence-electron chi connectivity index (χ3n) is 2.56. The van der Waals surface area contributed by atoms with Gasteiger partial charge in [0.2, 0.25) is 5.16 Å². The van der Waals surface area contributed by atoms with Crippen LogP contribution in [0.25, 0.3) is 6.08 Å². The summed E-state index contributed by atoms with van der Waals surface area (Å²) >= 11 is 1.66. The second kappa shape index (κ2) is 4.25. The molecule has 0 unspecified atom stereocenters. The van der Waals surface area contributed by atoms with Crippen LogP contribution in [0.5, 0.6) is 0 Å². The van der Waals surface area contributed by atoms with Gasteiger partial charge in [0.15, 0.2) is 0 Å². The summed E-state index contributed by atoms with van der Waals surface area (Å²) in [6.07, 6.45) is 2.17. The summed E-state index contributed by atoms with van der Waals surface area (Å²) in [6.45, 7) is 2.75. The number of nitrogens with zero attached hydrogens (tertiary/aromatic N) is 3. The summed E-state index contributed by atoms with van der Waals surface area (Å²) in [6, 6.07) is 10.3. The molecular formula is C12H12N4S. The average Bonchev–Trinajstić information content (AvgIpc) is 2.72. The lowest BCUT2D eigenvalue weighted by atomic mass is 10.2. The molecule has 1 aromatic heterocycles. The van der Waals surface area contributed by atoms with E-state index >= 15 is 0 Å². The number of rotatable bonds is 1. The zero-order valence-electron chi connectivity index (χ0n) is 9.42. The van der Waals surface area contributed by atoms with Crippen molar-refractivity contribution in [3.63, 3.8) is 0 Å². The molecule has 0 fully saturated rings. The molecule has 1 N–H and O–H groups in total. The first-order chi connectivity index (χ1) is 8.33. The van der Waals surface area contributed by atoms with E-state index in [9.17, 15) is 0 Å². The lowest BCUT2D eigenvalue weighted by Gasteiger charge is -2.18. The largest absolute Gasteiger partial charge is 0.317 e. The molecule has 2 heterocycles. The fourth-order valence-corrected chi connectivity index (χ4v) is 2.65. The molecule has 86 valence electrons. The van der Waals surface area contributed by atoms with Crippen molar-refractivity contribution in [1.82, 2.24) is 14.9 Å². The highest BCUT2D eigenvalue weighted by molar-refractivity contribution is 8.03. The van der Waals surface area contributed by atoms with Gasteiger partial charge in [-0.2, -0.15) is 0 Å². The van der Waals surface area contributed by atoms with E-state index in [4.69, 9.17) is 0 Å². The number of aromatic nitrogens is 3. The van der Waals surface area contributed by atoms with E-state index in [2.05, 4.69) is 33.8 Å². The number of hydrogen-bond donors (Lipinski definition) is 1. The van der Waals surface area contributed by atoms with Crippen LogP contribution in [0.15, 0.2) is 40.4 Å². The number of fused-ring (bicyclic) bond motifs is 1. The van der Waals surface area contributed by atoms with Gasteiger partial charge in [0.25, 0.3) is 0 Å². The third-order valence-corrected chi connectivity index (χ3v) is 3.53. The van der Waals surface area contributed by atoms with Gasteiger partial charge in [0.1, 0.15) is 5.82 Å². The van der Waals surface area contributed by atoms with E-state index in [-0.39, 0.29) is 0 Å². The lowest BCUT2D eigenvalue weighted by molar-refractivity contribution is 0.747. The quantitative estimate of drug-likeness (QED) is 0.835. The summed E-state index contributed by atoms with van der Waals surface area (Å²) < 4.78 is 1.92. The van der Waals surface area contributed by atoms with E-state index in [1.165, 1.54) is 10.5 Å². The zero-order valence-corrected chi connectivity index (χ0v) is 10.2. The molecule has 0 spiro atoms. The molecule has 0 radical (unpaired) electrons. The molecule has 1 aliphatic rings. The van der Waals surface area contributed by atoms with Crippen molar-refractivity contribution in [2.24, 2.45) is 0 Å². The minimum absolute atomic E-state index is 0.811. The maximum atomic E-state index is 4.12. The minimum atomic E-state index is 0.811. The predicted octanol–water partition coefficient (Wildman–Crippen LogP) is 2.28. The first-order valence-corrected chi connectivity index (χ1v) is 6.24. The Kier molecular flexibility index (Phi) is 2.60. The number of nitrogens with one attached hydrogen (secondary N) is 1. The Hall–Kier alpha value is -1.75. The fraction of sp³-hybridized carbons (Fsp3) is 0.167. The maximum absolute atomic E-state index is 4.12. The minimum Gasteiger partial charge on any atom is -0.317 e. The molecule has 5 heteroatoms. The summed E-state index contributed by atoms with van der Waals surface area (Å²) in [7, 11) is 0. The zero-order chi connectivity index (χ0) is 11.7. The summed E-state index contributed by atoms with van der Waals surface area (Å²) in [5, 5.41) is 9.06. The first kappa shape index (κ1) is 10.4. The van der Waals surface area contributed by atoms with Crippen molar-refractivity contribution >= 4 is 17.8 Å². The first-order valence-electron chi connectivity index (χ1n) is 5.42. The molecule has 0 atom stereocenters. The van der Waals surface area contributed by atoms with Crippen LogP contribution in [0.2, 0.25) is 0 Å². The Morgan fingerprint density at radius 1 is 1.29 bits per heavy atom. The fourth-order valence-electron chi connectivity index (χ4n) is 1.72. The number of aryl methyl sites for hydroxylation is 1. The van der Waals surface area contributed by atoms with E-state index in [0.29, 0.717) is 0 Å². The van der Waals surface area contributed by atoms with Crippen LogP contribution in [-0.2, 0) is 0 Å². The predicted molar refractivity (Wildman–Crippen MR) is 69.3 cm³/mol. The van der Waals surface area contributed by atoms with E-state index in [0.717, 1.165) is 17.5 Å². The molecule has 1 aromatic carbocycles. The maximum Gasteiger partial charge on any atom is 0.214 e. The van der Waals surface area contributed by atoms with Gasteiger partial charge in [-0.3, -0.25) is 0 Å². The van der Waals surface area contributed by atoms with Crippen molar-refractivity contribution in [3.8, 4) is 0 Å². The highest BCUT2D eigenvalue weighted by Gasteiger charge is 2.16. The molecule has 0 saturated carbocycles. The van der Waals surface area contributed by atoms with Gasteiger partial charge in [-0.15, -0.1) is 10.2 Å². The topological polar surface area (TPSA) is 42.7 Å². The molecule has 3 rings (SSSR count). The van der Waals surface area contributed by atoms with Crippen LogP contribution in [-0.4, -0.2) is 21.4 Å². The smallest absolute Gasteiger partial charge is 0.214 e. The SMILES string of the molecule is Cc1nnc2n1NC/C(=C/c1ccccc1)S2. The summed E-state index contributed by atoms with van der Waals surface area (Å²) in [5.74, 6) is 0.895. The summed E-state index contributed by atoms with van der Waals surface area (Å²) in [4.78, 5) is 1.25. The van der Waals surface area contributed by atoms with Crippen LogP contribution in [0.4, 0.5) is 0 Å². The highest BCUT2D eigenvalue weighted by atomic mass is 32.2. The van der Waals surface area contributed by atoms with Gasteiger partial charge < -0.3 is 5.43 Å². The monoisotopic (exact) mass is 244 g/mol. The van der Waals surface area contributed by atoms with Gasteiger partial charge in [-0.1, -0.05) is 42.1 Å². The normalized spacial score (nSPS) is 16.6. The van der Waals surface area contributed by atoms with Gasteiger partial charge in [-0.05, 0) is 18.6 Å². The Morgan fingerprint density at radius 3 is 2.94 bits per heavy atom. The standard InChI is InChI=1S/C12H12N4S/c1-9-14-15-12-16(9)13-8-11(17-12)7-10-5-3-2-4-6-10/h2-7,13H,8H2,1H3/b11-7-. The number of thioether (sulfide) groups is 1. The second-order valence-electron chi connectivity index (χ2n) is 3.82. The van der Waals surface area contributed by atoms with Gasteiger partial charge in [-0.25, -0.2) is 4.68 Å². The molecule has 1 aliphatic heterocycles. The molecule has 0 saturated heterocycles. The molecule has 17 heavy (non-hydrogen) atoms. The molecular weight excluding hydrogens is 232 g/mol. The Labute approximate surface area is 104 Å². The van der Waals surface area contributed by atoms with Crippen LogP contribution in [0.3, 0.4) is 0 Å². The van der Waals surface area contributed by atoms with E-state index in [1.54, 1.807) is 11.8 Å². The molecule has 0 amide bonds. The molecule has 0 bridgehead atoms. The molecule has 2 aromatic rings. The highest BCUT2D eigenvalue weighted by Crippen LogP contribution is 2.29. The van der Waals surface area contributed by atoms with Crippen LogP contribution in [0.1, 0.15) is 11.4 Å². The third kappa shape index (κ3) is 2.06. The van der Waals surface area contributed by atoms with Gasteiger partial charge in [0.05, 0.1) is 6.54 Å². The molecule has 0 aliphatic carbocycles. The Morgan fingerprint density at radius 2 is 2.12 bits per heavy atom. The average molecular weight is 244 g/mol. The van der Waals surface area contributed by atoms with Crippen LogP contribution < -0.4 is 5.43 Å². The van der Waals surface area contributed by atoms with Crippen molar-refractivity contribution in [2.45, 2.75) is 12.1 Å². The van der Waals surface area contributed by atoms with Crippen LogP contribution >= 0.6 is 11.8 Å². The second-order valence-corrected chi connectivity index (χ2v) is 4.92. The molecule has 4 nitrogen and oxygen atoms in total. The Balaban J connectivity index is 1.87. The van der Waals surface area contributed by atoms with Crippen LogP contribution in [0, 0.1) is 6.92 Å². The van der Waals surface area contributed by atoms with Crippen molar-refractivity contribution < 1.29 is 0 Å². The Bertz CT molecular complexity index is 559.